The van der Waals surface area contributed by atoms with E-state index in [1.165, 1.54) is 16.3 Å². The third kappa shape index (κ3) is 2.40. The standard InChI is InChI=1S/C16H18N2O2/c17-15-10-18(9-14(15)16(19)20)8-12-6-3-5-11-4-1-2-7-13(11)12/h1-7,14-15H,8-10,17H2,(H,19,20)/t14-,15?/m1/s1. The minimum Gasteiger partial charge on any atom is -0.481 e. The van der Waals surface area contributed by atoms with E-state index in [2.05, 4.69) is 29.2 Å². The molecular formula is C16H18N2O2. The molecule has 2 aromatic rings. The fourth-order valence-electron chi connectivity index (χ4n) is 2.98. The molecule has 1 aliphatic rings. The second-order valence-corrected chi connectivity index (χ2v) is 5.44. The summed E-state index contributed by atoms with van der Waals surface area (Å²) in [5, 5.41) is 11.6. The van der Waals surface area contributed by atoms with Crippen LogP contribution in [0.2, 0.25) is 0 Å². The van der Waals surface area contributed by atoms with E-state index in [-0.39, 0.29) is 6.04 Å². The van der Waals surface area contributed by atoms with E-state index in [0.717, 1.165) is 6.54 Å². The number of hydrogen-bond acceptors (Lipinski definition) is 3. The predicted molar refractivity (Wildman–Crippen MR) is 78.3 cm³/mol. The van der Waals surface area contributed by atoms with Gasteiger partial charge in [0.2, 0.25) is 0 Å². The van der Waals surface area contributed by atoms with Crippen LogP contribution in [0.1, 0.15) is 5.56 Å². The van der Waals surface area contributed by atoms with Crippen molar-refractivity contribution < 1.29 is 9.90 Å². The lowest BCUT2D eigenvalue weighted by atomic mass is 10.0. The Labute approximate surface area is 117 Å². The Morgan fingerprint density at radius 1 is 1.20 bits per heavy atom. The van der Waals surface area contributed by atoms with Crippen LogP contribution in [-0.4, -0.2) is 35.1 Å². The molecule has 0 aromatic heterocycles. The first-order valence-corrected chi connectivity index (χ1v) is 6.82. The zero-order valence-corrected chi connectivity index (χ0v) is 11.2. The molecule has 1 saturated heterocycles. The van der Waals surface area contributed by atoms with Crippen molar-refractivity contribution >= 4 is 16.7 Å². The molecule has 20 heavy (non-hydrogen) atoms. The number of nitrogens with zero attached hydrogens (tertiary/aromatic N) is 1. The van der Waals surface area contributed by atoms with Crippen LogP contribution in [0.3, 0.4) is 0 Å². The molecule has 1 heterocycles. The molecule has 0 spiro atoms. The number of fused-ring (bicyclic) bond motifs is 1. The Balaban J connectivity index is 1.82. The van der Waals surface area contributed by atoms with Gasteiger partial charge in [0.25, 0.3) is 0 Å². The number of rotatable bonds is 3. The summed E-state index contributed by atoms with van der Waals surface area (Å²) in [6.07, 6.45) is 0. The van der Waals surface area contributed by atoms with Crippen molar-refractivity contribution in [2.24, 2.45) is 11.7 Å². The number of hydrogen-bond donors (Lipinski definition) is 2. The highest BCUT2D eigenvalue weighted by Crippen LogP contribution is 2.23. The van der Waals surface area contributed by atoms with Crippen molar-refractivity contribution in [2.45, 2.75) is 12.6 Å². The molecule has 1 aliphatic heterocycles. The highest BCUT2D eigenvalue weighted by Gasteiger charge is 2.35. The summed E-state index contributed by atoms with van der Waals surface area (Å²) >= 11 is 0. The van der Waals surface area contributed by atoms with Gasteiger partial charge in [0.15, 0.2) is 0 Å². The van der Waals surface area contributed by atoms with E-state index in [9.17, 15) is 4.79 Å². The minimum absolute atomic E-state index is 0.275. The van der Waals surface area contributed by atoms with Gasteiger partial charge in [-0.2, -0.15) is 0 Å². The number of likely N-dealkylation sites (tertiary alicyclic amines) is 1. The van der Waals surface area contributed by atoms with E-state index >= 15 is 0 Å². The first-order valence-electron chi connectivity index (χ1n) is 6.82. The maximum absolute atomic E-state index is 11.1. The van der Waals surface area contributed by atoms with Gasteiger partial charge >= 0.3 is 5.97 Å². The smallest absolute Gasteiger partial charge is 0.309 e. The Kier molecular flexibility index (Phi) is 3.42. The summed E-state index contributed by atoms with van der Waals surface area (Å²) < 4.78 is 0. The Morgan fingerprint density at radius 2 is 1.95 bits per heavy atom. The molecule has 4 heteroatoms. The van der Waals surface area contributed by atoms with Crippen molar-refractivity contribution in [2.75, 3.05) is 13.1 Å². The predicted octanol–water partition coefficient (Wildman–Crippen LogP) is 1.68. The van der Waals surface area contributed by atoms with Crippen LogP contribution in [0, 0.1) is 5.92 Å². The maximum atomic E-state index is 11.1. The average Bonchev–Trinajstić information content (AvgIpc) is 2.80. The molecule has 0 aliphatic carbocycles. The second-order valence-electron chi connectivity index (χ2n) is 5.44. The van der Waals surface area contributed by atoms with Crippen molar-refractivity contribution in [3.63, 3.8) is 0 Å². The Bertz CT molecular complexity index is 636. The Hall–Kier alpha value is -1.91. The lowest BCUT2D eigenvalue weighted by Gasteiger charge is -2.16. The third-order valence-corrected chi connectivity index (χ3v) is 4.03. The first kappa shape index (κ1) is 13.1. The van der Waals surface area contributed by atoms with Gasteiger partial charge in [-0.3, -0.25) is 9.69 Å². The molecule has 0 amide bonds. The van der Waals surface area contributed by atoms with Gasteiger partial charge in [-0.05, 0) is 16.3 Å². The quantitative estimate of drug-likeness (QED) is 0.890. The SMILES string of the molecule is NC1CN(Cc2cccc3ccccc23)C[C@H]1C(=O)O. The van der Waals surface area contributed by atoms with Crippen LogP contribution in [-0.2, 0) is 11.3 Å². The van der Waals surface area contributed by atoms with Crippen LogP contribution in [0.4, 0.5) is 0 Å². The van der Waals surface area contributed by atoms with Gasteiger partial charge in [-0.1, -0.05) is 42.5 Å². The monoisotopic (exact) mass is 270 g/mol. The fraction of sp³-hybridized carbons (Fsp3) is 0.312. The summed E-state index contributed by atoms with van der Waals surface area (Å²) in [5.41, 5.74) is 7.14. The second kappa shape index (κ2) is 5.23. The van der Waals surface area contributed by atoms with Gasteiger partial charge in [-0.25, -0.2) is 0 Å². The molecule has 104 valence electrons. The lowest BCUT2D eigenvalue weighted by Crippen LogP contribution is -2.33. The molecule has 1 unspecified atom stereocenters. The minimum atomic E-state index is -0.794. The Morgan fingerprint density at radius 3 is 2.70 bits per heavy atom. The lowest BCUT2D eigenvalue weighted by molar-refractivity contribution is -0.141. The summed E-state index contributed by atoms with van der Waals surface area (Å²) in [7, 11) is 0. The van der Waals surface area contributed by atoms with E-state index in [4.69, 9.17) is 10.8 Å². The van der Waals surface area contributed by atoms with Crippen molar-refractivity contribution in [3.05, 3.63) is 48.0 Å². The molecule has 0 radical (unpaired) electrons. The van der Waals surface area contributed by atoms with Gasteiger partial charge < -0.3 is 10.8 Å². The van der Waals surface area contributed by atoms with Gasteiger partial charge in [0.1, 0.15) is 0 Å². The van der Waals surface area contributed by atoms with E-state index < -0.39 is 11.9 Å². The fourth-order valence-corrected chi connectivity index (χ4v) is 2.98. The summed E-state index contributed by atoms with van der Waals surface area (Å²) in [6.45, 7) is 1.92. The largest absolute Gasteiger partial charge is 0.481 e. The average molecular weight is 270 g/mol. The number of benzene rings is 2. The summed E-state index contributed by atoms with van der Waals surface area (Å²) in [5.74, 6) is -1.25. The molecule has 4 nitrogen and oxygen atoms in total. The molecule has 3 N–H and O–H groups in total. The van der Waals surface area contributed by atoms with Crippen LogP contribution in [0.5, 0.6) is 0 Å². The first-order chi connectivity index (χ1) is 9.65. The molecule has 2 atom stereocenters. The van der Waals surface area contributed by atoms with Crippen LogP contribution in [0.15, 0.2) is 42.5 Å². The molecule has 0 saturated carbocycles. The van der Waals surface area contributed by atoms with Gasteiger partial charge in [0.05, 0.1) is 5.92 Å². The van der Waals surface area contributed by atoms with E-state index in [0.29, 0.717) is 13.1 Å². The van der Waals surface area contributed by atoms with Crippen LogP contribution < -0.4 is 5.73 Å². The van der Waals surface area contributed by atoms with Crippen molar-refractivity contribution in [3.8, 4) is 0 Å². The molecule has 1 fully saturated rings. The van der Waals surface area contributed by atoms with Crippen molar-refractivity contribution in [1.29, 1.82) is 0 Å². The topological polar surface area (TPSA) is 66.6 Å². The van der Waals surface area contributed by atoms with Crippen LogP contribution in [0.25, 0.3) is 10.8 Å². The number of carboxylic acid groups (broad SMARTS) is 1. The molecular weight excluding hydrogens is 252 g/mol. The number of carbonyl (C=O) groups is 1. The molecule has 2 aromatic carbocycles. The summed E-state index contributed by atoms with van der Waals surface area (Å²) in [6, 6.07) is 14.2. The third-order valence-electron chi connectivity index (χ3n) is 4.03. The number of aliphatic carboxylic acids is 1. The highest BCUT2D eigenvalue weighted by molar-refractivity contribution is 5.85. The highest BCUT2D eigenvalue weighted by atomic mass is 16.4. The van der Waals surface area contributed by atoms with Gasteiger partial charge in [0, 0.05) is 25.7 Å². The van der Waals surface area contributed by atoms with Crippen LogP contribution >= 0.6 is 0 Å². The van der Waals surface area contributed by atoms with E-state index in [1.807, 2.05) is 18.2 Å². The molecule has 0 bridgehead atoms. The van der Waals surface area contributed by atoms with Crippen molar-refractivity contribution in [1.82, 2.24) is 4.90 Å². The number of nitrogens with two attached hydrogens (primary N) is 1. The normalized spacial score (nSPS) is 23.2. The zero-order chi connectivity index (χ0) is 14.1. The summed E-state index contributed by atoms with van der Waals surface area (Å²) in [4.78, 5) is 13.2. The zero-order valence-electron chi connectivity index (χ0n) is 11.2. The maximum Gasteiger partial charge on any atom is 0.309 e. The molecule has 3 rings (SSSR count). The van der Waals surface area contributed by atoms with Gasteiger partial charge in [-0.15, -0.1) is 0 Å². The van der Waals surface area contributed by atoms with E-state index in [1.54, 1.807) is 0 Å². The number of carboxylic acids is 1.